The summed E-state index contributed by atoms with van der Waals surface area (Å²) in [6.45, 7) is 10.1. The van der Waals surface area contributed by atoms with Gasteiger partial charge in [0.2, 0.25) is 0 Å². The quantitative estimate of drug-likeness (QED) is 0.259. The molecule has 2 aromatic carbocycles. The standard InChI is InChI=1S/C31H38F3N3O4/c1-30(2,3)25-13-12-24(21-27(25)41-20-17-37(15-18-39-4)16-19-40-5)36-29(38)23-10-8-22(9-11-23)28-26(31(32,33)34)7-6-14-35-28/h6-14,21H,15-20H2,1-5H3,(H,36,38). The van der Waals surface area contributed by atoms with Gasteiger partial charge in [-0.1, -0.05) is 39.0 Å². The zero-order chi connectivity index (χ0) is 30.0. The number of nitrogens with one attached hydrogen (secondary N) is 1. The SMILES string of the molecule is COCCN(CCOC)CCOc1cc(NC(=O)c2ccc(-c3ncccc3C(F)(F)F)cc2)ccc1C(C)(C)C. The van der Waals surface area contributed by atoms with Crippen molar-refractivity contribution >= 4 is 11.6 Å². The minimum Gasteiger partial charge on any atom is -0.492 e. The normalized spacial score (nSPS) is 12.0. The molecule has 0 aliphatic rings. The molecular formula is C31H38F3N3O4. The van der Waals surface area contributed by atoms with E-state index in [-0.39, 0.29) is 16.7 Å². The number of pyridine rings is 1. The third-order valence-corrected chi connectivity index (χ3v) is 6.47. The van der Waals surface area contributed by atoms with Crippen LogP contribution >= 0.6 is 0 Å². The van der Waals surface area contributed by atoms with Crippen LogP contribution in [-0.2, 0) is 21.1 Å². The van der Waals surface area contributed by atoms with E-state index in [0.717, 1.165) is 24.7 Å². The molecule has 1 amide bonds. The molecule has 10 heteroatoms. The number of nitrogens with zero attached hydrogens (tertiary/aromatic N) is 2. The van der Waals surface area contributed by atoms with Gasteiger partial charge in [-0.05, 0) is 41.3 Å². The van der Waals surface area contributed by atoms with Crippen molar-refractivity contribution in [3.8, 4) is 17.0 Å². The van der Waals surface area contributed by atoms with Crippen molar-refractivity contribution in [1.82, 2.24) is 9.88 Å². The van der Waals surface area contributed by atoms with Gasteiger partial charge in [-0.3, -0.25) is 14.7 Å². The third kappa shape index (κ3) is 9.27. The molecular weight excluding hydrogens is 535 g/mol. The van der Waals surface area contributed by atoms with Crippen LogP contribution in [0.15, 0.2) is 60.8 Å². The fourth-order valence-corrected chi connectivity index (χ4v) is 4.25. The lowest BCUT2D eigenvalue weighted by molar-refractivity contribution is -0.137. The van der Waals surface area contributed by atoms with Gasteiger partial charge in [0, 0.05) is 62.9 Å². The van der Waals surface area contributed by atoms with Crippen LogP contribution in [0.5, 0.6) is 5.75 Å². The van der Waals surface area contributed by atoms with Gasteiger partial charge in [0.15, 0.2) is 0 Å². The Morgan fingerprint density at radius 3 is 2.10 bits per heavy atom. The summed E-state index contributed by atoms with van der Waals surface area (Å²) in [5, 5.41) is 2.87. The number of halogens is 3. The molecule has 0 saturated heterocycles. The first-order valence-electron chi connectivity index (χ1n) is 13.4. The van der Waals surface area contributed by atoms with Gasteiger partial charge in [-0.25, -0.2) is 0 Å². The lowest BCUT2D eigenvalue weighted by atomic mass is 9.86. The van der Waals surface area contributed by atoms with Crippen molar-refractivity contribution in [2.45, 2.75) is 32.4 Å². The fraction of sp³-hybridized carbons (Fsp3) is 0.419. The highest BCUT2D eigenvalue weighted by atomic mass is 19.4. The minimum absolute atomic E-state index is 0.186. The molecule has 41 heavy (non-hydrogen) atoms. The number of hydrogen-bond acceptors (Lipinski definition) is 6. The highest BCUT2D eigenvalue weighted by Gasteiger charge is 2.34. The average Bonchev–Trinajstić information content (AvgIpc) is 2.93. The van der Waals surface area contributed by atoms with Crippen LogP contribution in [0.25, 0.3) is 11.3 Å². The van der Waals surface area contributed by atoms with E-state index in [1.165, 1.54) is 36.5 Å². The molecule has 1 aromatic heterocycles. The Labute approximate surface area is 239 Å². The van der Waals surface area contributed by atoms with E-state index in [4.69, 9.17) is 14.2 Å². The molecule has 0 unspecified atom stereocenters. The summed E-state index contributed by atoms with van der Waals surface area (Å²) in [6.07, 6.45) is -3.23. The van der Waals surface area contributed by atoms with E-state index in [1.54, 1.807) is 20.3 Å². The fourth-order valence-electron chi connectivity index (χ4n) is 4.25. The average molecular weight is 574 g/mol. The van der Waals surface area contributed by atoms with Crippen molar-refractivity contribution < 1.29 is 32.2 Å². The maximum Gasteiger partial charge on any atom is 0.418 e. The molecule has 0 bridgehead atoms. The predicted octanol–water partition coefficient (Wildman–Crippen LogP) is 6.29. The second-order valence-corrected chi connectivity index (χ2v) is 10.6. The van der Waals surface area contributed by atoms with Crippen molar-refractivity contribution in [2.75, 3.05) is 59.0 Å². The smallest absolute Gasteiger partial charge is 0.418 e. The van der Waals surface area contributed by atoms with Crippen LogP contribution < -0.4 is 10.1 Å². The van der Waals surface area contributed by atoms with Gasteiger partial charge >= 0.3 is 6.18 Å². The van der Waals surface area contributed by atoms with Gasteiger partial charge in [0.1, 0.15) is 12.4 Å². The van der Waals surface area contributed by atoms with Gasteiger partial charge in [-0.15, -0.1) is 0 Å². The Morgan fingerprint density at radius 2 is 1.51 bits per heavy atom. The molecule has 0 atom stereocenters. The van der Waals surface area contributed by atoms with Crippen LogP contribution in [0.4, 0.5) is 18.9 Å². The van der Waals surface area contributed by atoms with Crippen molar-refractivity contribution in [3.05, 3.63) is 77.5 Å². The molecule has 0 fully saturated rings. The van der Waals surface area contributed by atoms with Gasteiger partial charge < -0.3 is 19.5 Å². The summed E-state index contributed by atoms with van der Waals surface area (Å²) >= 11 is 0. The largest absolute Gasteiger partial charge is 0.492 e. The number of carbonyl (C=O) groups is 1. The van der Waals surface area contributed by atoms with Crippen LogP contribution in [0.2, 0.25) is 0 Å². The van der Waals surface area contributed by atoms with Crippen LogP contribution in [-0.4, -0.2) is 69.5 Å². The van der Waals surface area contributed by atoms with Crippen molar-refractivity contribution in [3.63, 3.8) is 0 Å². The highest BCUT2D eigenvalue weighted by Crippen LogP contribution is 2.36. The summed E-state index contributed by atoms with van der Waals surface area (Å²) in [4.78, 5) is 19.1. The summed E-state index contributed by atoms with van der Waals surface area (Å²) in [7, 11) is 3.33. The molecule has 1 N–H and O–H groups in total. The third-order valence-electron chi connectivity index (χ3n) is 6.47. The number of rotatable bonds is 13. The van der Waals surface area contributed by atoms with Crippen molar-refractivity contribution in [2.24, 2.45) is 0 Å². The Hall–Kier alpha value is -3.47. The Kier molecular flexibility index (Phi) is 11.3. The first-order chi connectivity index (χ1) is 19.4. The Bertz CT molecular complexity index is 1270. The Balaban J connectivity index is 1.74. The molecule has 3 aromatic rings. The predicted molar refractivity (Wildman–Crippen MR) is 153 cm³/mol. The van der Waals surface area contributed by atoms with E-state index in [1.807, 2.05) is 12.1 Å². The molecule has 0 saturated carbocycles. The second kappa shape index (κ2) is 14.4. The summed E-state index contributed by atoms with van der Waals surface area (Å²) in [5.41, 5.74) is 0.897. The zero-order valence-electron chi connectivity index (χ0n) is 24.2. The maximum absolute atomic E-state index is 13.4. The number of alkyl halides is 3. The van der Waals surface area contributed by atoms with E-state index in [0.29, 0.717) is 43.4 Å². The number of methoxy groups -OCH3 is 2. The van der Waals surface area contributed by atoms with Crippen molar-refractivity contribution in [1.29, 1.82) is 0 Å². The molecule has 3 rings (SSSR count). The first kappa shape index (κ1) is 32.0. The number of benzene rings is 2. The number of ether oxygens (including phenoxy) is 3. The lowest BCUT2D eigenvalue weighted by Gasteiger charge is -2.25. The van der Waals surface area contributed by atoms with Crippen LogP contribution in [0.1, 0.15) is 42.3 Å². The van der Waals surface area contributed by atoms with E-state index in [2.05, 4.69) is 36.0 Å². The van der Waals surface area contributed by atoms with Crippen LogP contribution in [0.3, 0.4) is 0 Å². The molecule has 0 spiro atoms. The Morgan fingerprint density at radius 1 is 0.878 bits per heavy atom. The molecule has 222 valence electrons. The van der Waals surface area contributed by atoms with E-state index in [9.17, 15) is 18.0 Å². The monoisotopic (exact) mass is 573 g/mol. The van der Waals surface area contributed by atoms with E-state index < -0.39 is 17.6 Å². The van der Waals surface area contributed by atoms with Gasteiger partial charge in [0.25, 0.3) is 5.91 Å². The number of amides is 1. The van der Waals surface area contributed by atoms with E-state index >= 15 is 0 Å². The molecule has 0 radical (unpaired) electrons. The molecule has 7 nitrogen and oxygen atoms in total. The topological polar surface area (TPSA) is 72.9 Å². The highest BCUT2D eigenvalue weighted by molar-refractivity contribution is 6.04. The molecule has 0 aliphatic heterocycles. The number of anilines is 1. The summed E-state index contributed by atoms with van der Waals surface area (Å²) in [5.74, 6) is 0.271. The first-order valence-corrected chi connectivity index (χ1v) is 13.4. The summed E-state index contributed by atoms with van der Waals surface area (Å²) in [6, 6.07) is 13.7. The maximum atomic E-state index is 13.4. The molecule has 1 heterocycles. The zero-order valence-corrected chi connectivity index (χ0v) is 24.2. The number of carbonyl (C=O) groups excluding carboxylic acids is 1. The van der Waals surface area contributed by atoms with Gasteiger partial charge in [0.05, 0.1) is 24.5 Å². The second-order valence-electron chi connectivity index (χ2n) is 10.6. The minimum atomic E-state index is -4.54. The van der Waals surface area contributed by atoms with Crippen LogP contribution in [0, 0.1) is 0 Å². The lowest BCUT2D eigenvalue weighted by Crippen LogP contribution is -2.34. The number of aromatic nitrogens is 1. The van der Waals surface area contributed by atoms with Gasteiger partial charge in [-0.2, -0.15) is 13.2 Å². The molecule has 0 aliphatic carbocycles. The summed E-state index contributed by atoms with van der Waals surface area (Å²) < 4.78 is 56.8. The number of hydrogen-bond donors (Lipinski definition) is 1.